The molecule has 1 aromatic rings. The van der Waals surface area contributed by atoms with Gasteiger partial charge in [-0.2, -0.15) is 0 Å². The molecule has 0 unspecified atom stereocenters. The average molecular weight is 261 g/mol. The van der Waals surface area contributed by atoms with Crippen LogP contribution >= 0.6 is 0 Å². The standard InChI is InChI=1S/C16H23NO2/c1-10-8-11(2)15(12(3)9-10)16(18)17-13-6-5-7-14(13)19-4/h8-9,13-14H,5-7H2,1-4H3,(H,17,18)/t13-,14-/m1/s1. The highest BCUT2D eigenvalue weighted by Crippen LogP contribution is 2.23. The van der Waals surface area contributed by atoms with Crippen LogP contribution in [0.15, 0.2) is 12.1 Å². The van der Waals surface area contributed by atoms with E-state index < -0.39 is 0 Å². The molecule has 1 fully saturated rings. The Balaban J connectivity index is 2.16. The van der Waals surface area contributed by atoms with Crippen molar-refractivity contribution in [3.05, 3.63) is 34.4 Å². The van der Waals surface area contributed by atoms with Crippen molar-refractivity contribution in [2.45, 2.75) is 52.2 Å². The van der Waals surface area contributed by atoms with Crippen LogP contribution in [0.2, 0.25) is 0 Å². The first-order chi connectivity index (χ1) is 9.02. The topological polar surface area (TPSA) is 38.3 Å². The maximum atomic E-state index is 12.4. The number of nitrogens with one attached hydrogen (secondary N) is 1. The molecule has 0 spiro atoms. The normalized spacial score (nSPS) is 22.5. The molecule has 1 N–H and O–H groups in total. The number of carbonyl (C=O) groups is 1. The third kappa shape index (κ3) is 2.98. The summed E-state index contributed by atoms with van der Waals surface area (Å²) >= 11 is 0. The van der Waals surface area contributed by atoms with Crippen LogP contribution in [0, 0.1) is 20.8 Å². The first-order valence-corrected chi connectivity index (χ1v) is 6.94. The number of benzene rings is 1. The summed E-state index contributed by atoms with van der Waals surface area (Å²) in [6.07, 6.45) is 3.33. The second-order valence-electron chi connectivity index (χ2n) is 5.56. The van der Waals surface area contributed by atoms with Crippen LogP contribution in [0.25, 0.3) is 0 Å². The van der Waals surface area contributed by atoms with Gasteiger partial charge in [-0.25, -0.2) is 0 Å². The summed E-state index contributed by atoms with van der Waals surface area (Å²) in [4.78, 5) is 12.4. The number of amides is 1. The minimum Gasteiger partial charge on any atom is -0.379 e. The lowest BCUT2D eigenvalue weighted by molar-refractivity contribution is 0.0721. The van der Waals surface area contributed by atoms with E-state index in [0.717, 1.165) is 36.0 Å². The first kappa shape index (κ1) is 14.1. The third-order valence-corrected chi connectivity index (χ3v) is 3.98. The molecular formula is C16H23NO2. The third-order valence-electron chi connectivity index (χ3n) is 3.98. The second kappa shape index (κ2) is 5.74. The Morgan fingerprint density at radius 3 is 2.42 bits per heavy atom. The summed E-state index contributed by atoms with van der Waals surface area (Å²) in [6, 6.07) is 4.27. The van der Waals surface area contributed by atoms with Crippen molar-refractivity contribution in [3.63, 3.8) is 0 Å². The minimum atomic E-state index is 0.0314. The number of hydrogen-bond donors (Lipinski definition) is 1. The van der Waals surface area contributed by atoms with E-state index >= 15 is 0 Å². The van der Waals surface area contributed by atoms with E-state index in [9.17, 15) is 4.79 Å². The Labute approximate surface area is 115 Å². The van der Waals surface area contributed by atoms with Crippen LogP contribution in [0.5, 0.6) is 0 Å². The molecule has 0 bridgehead atoms. The fraction of sp³-hybridized carbons (Fsp3) is 0.562. The van der Waals surface area contributed by atoms with Gasteiger partial charge >= 0.3 is 0 Å². The van der Waals surface area contributed by atoms with Crippen LogP contribution in [0.3, 0.4) is 0 Å². The molecule has 3 nitrogen and oxygen atoms in total. The van der Waals surface area contributed by atoms with Crippen molar-refractivity contribution in [1.82, 2.24) is 5.32 Å². The van der Waals surface area contributed by atoms with Crippen molar-refractivity contribution in [2.24, 2.45) is 0 Å². The van der Waals surface area contributed by atoms with Gasteiger partial charge in [0.1, 0.15) is 0 Å². The minimum absolute atomic E-state index is 0.0314. The summed E-state index contributed by atoms with van der Waals surface area (Å²) in [7, 11) is 1.72. The number of hydrogen-bond acceptors (Lipinski definition) is 2. The molecule has 104 valence electrons. The van der Waals surface area contributed by atoms with Gasteiger partial charge in [-0.05, 0) is 51.2 Å². The molecular weight excluding hydrogens is 238 g/mol. The predicted octanol–water partition coefficient (Wildman–Crippen LogP) is 2.91. The maximum absolute atomic E-state index is 12.4. The summed E-state index contributed by atoms with van der Waals surface area (Å²) in [5.74, 6) is 0.0314. The molecule has 1 aliphatic carbocycles. The van der Waals surface area contributed by atoms with E-state index in [1.807, 2.05) is 13.8 Å². The van der Waals surface area contributed by atoms with E-state index in [1.54, 1.807) is 7.11 Å². The highest BCUT2D eigenvalue weighted by molar-refractivity contribution is 5.97. The monoisotopic (exact) mass is 261 g/mol. The molecule has 1 aliphatic rings. The van der Waals surface area contributed by atoms with Gasteiger partial charge in [-0.15, -0.1) is 0 Å². The quantitative estimate of drug-likeness (QED) is 0.908. The number of rotatable bonds is 3. The van der Waals surface area contributed by atoms with Gasteiger partial charge in [0.25, 0.3) is 5.91 Å². The zero-order valence-corrected chi connectivity index (χ0v) is 12.2. The SMILES string of the molecule is CO[C@@H]1CCC[C@H]1NC(=O)c1c(C)cc(C)cc1C. The van der Waals surface area contributed by atoms with Crippen molar-refractivity contribution >= 4 is 5.91 Å². The highest BCUT2D eigenvalue weighted by atomic mass is 16.5. The van der Waals surface area contributed by atoms with Crippen LogP contribution < -0.4 is 5.32 Å². The molecule has 1 amide bonds. The van der Waals surface area contributed by atoms with E-state index in [2.05, 4.69) is 24.4 Å². The smallest absolute Gasteiger partial charge is 0.252 e. The molecule has 1 saturated carbocycles. The van der Waals surface area contributed by atoms with Gasteiger partial charge in [-0.3, -0.25) is 4.79 Å². The summed E-state index contributed by atoms with van der Waals surface area (Å²) in [5, 5.41) is 3.13. The van der Waals surface area contributed by atoms with Crippen LogP contribution in [-0.2, 0) is 4.74 Å². The Morgan fingerprint density at radius 1 is 1.21 bits per heavy atom. The predicted molar refractivity (Wildman–Crippen MR) is 76.6 cm³/mol. The Bertz CT molecular complexity index is 459. The van der Waals surface area contributed by atoms with Gasteiger partial charge < -0.3 is 10.1 Å². The fourth-order valence-electron chi connectivity index (χ4n) is 3.15. The maximum Gasteiger partial charge on any atom is 0.252 e. The van der Waals surface area contributed by atoms with Crippen molar-refractivity contribution in [3.8, 4) is 0 Å². The molecule has 0 radical (unpaired) electrons. The molecule has 0 aliphatic heterocycles. The van der Waals surface area contributed by atoms with Gasteiger partial charge in [0.2, 0.25) is 0 Å². The van der Waals surface area contributed by atoms with Crippen LogP contribution in [0.1, 0.15) is 46.3 Å². The van der Waals surface area contributed by atoms with Crippen molar-refractivity contribution in [2.75, 3.05) is 7.11 Å². The molecule has 2 atom stereocenters. The van der Waals surface area contributed by atoms with E-state index in [-0.39, 0.29) is 18.1 Å². The fourth-order valence-corrected chi connectivity index (χ4v) is 3.15. The van der Waals surface area contributed by atoms with Gasteiger partial charge in [0, 0.05) is 12.7 Å². The molecule has 0 heterocycles. The Hall–Kier alpha value is -1.35. The number of methoxy groups -OCH3 is 1. The van der Waals surface area contributed by atoms with Gasteiger partial charge in [0.05, 0.1) is 12.1 Å². The van der Waals surface area contributed by atoms with Gasteiger partial charge in [-0.1, -0.05) is 17.7 Å². The van der Waals surface area contributed by atoms with Crippen LogP contribution in [-0.4, -0.2) is 25.2 Å². The molecule has 0 aromatic heterocycles. The lowest BCUT2D eigenvalue weighted by Gasteiger charge is -2.21. The molecule has 3 heteroatoms. The van der Waals surface area contributed by atoms with Crippen LogP contribution in [0.4, 0.5) is 0 Å². The molecule has 19 heavy (non-hydrogen) atoms. The molecule has 1 aromatic carbocycles. The summed E-state index contributed by atoms with van der Waals surface area (Å²) < 4.78 is 5.43. The number of ether oxygens (including phenoxy) is 1. The summed E-state index contributed by atoms with van der Waals surface area (Å²) in [5.41, 5.74) is 4.10. The zero-order chi connectivity index (χ0) is 14.0. The number of aryl methyl sites for hydroxylation is 3. The van der Waals surface area contributed by atoms with E-state index in [4.69, 9.17) is 4.74 Å². The Morgan fingerprint density at radius 2 is 1.84 bits per heavy atom. The second-order valence-corrected chi connectivity index (χ2v) is 5.56. The molecule has 0 saturated heterocycles. The van der Waals surface area contributed by atoms with E-state index in [0.29, 0.717) is 0 Å². The Kier molecular flexibility index (Phi) is 4.25. The average Bonchev–Trinajstić information content (AvgIpc) is 2.74. The number of carbonyl (C=O) groups excluding carboxylic acids is 1. The van der Waals surface area contributed by atoms with Gasteiger partial charge in [0.15, 0.2) is 0 Å². The summed E-state index contributed by atoms with van der Waals surface area (Å²) in [6.45, 7) is 6.05. The lowest BCUT2D eigenvalue weighted by atomic mass is 9.99. The molecule has 2 rings (SSSR count). The lowest BCUT2D eigenvalue weighted by Crippen LogP contribution is -2.41. The van der Waals surface area contributed by atoms with Crippen molar-refractivity contribution < 1.29 is 9.53 Å². The zero-order valence-electron chi connectivity index (χ0n) is 12.2. The first-order valence-electron chi connectivity index (χ1n) is 6.94. The van der Waals surface area contributed by atoms with Crippen molar-refractivity contribution in [1.29, 1.82) is 0 Å². The van der Waals surface area contributed by atoms with E-state index in [1.165, 1.54) is 5.56 Å². The largest absolute Gasteiger partial charge is 0.379 e. The highest BCUT2D eigenvalue weighted by Gasteiger charge is 2.29.